The highest BCUT2D eigenvalue weighted by Gasteiger charge is 2.34. The van der Waals surface area contributed by atoms with E-state index in [1.165, 1.54) is 24.8 Å². The van der Waals surface area contributed by atoms with Crippen LogP contribution in [0.1, 0.15) is 31.7 Å². The van der Waals surface area contributed by atoms with Crippen molar-refractivity contribution in [3.63, 3.8) is 0 Å². The SMILES string of the molecule is Cc1cccc(OC(C)CNC2CCCC2C2COCCN2)c1. The lowest BCUT2D eigenvalue weighted by Gasteiger charge is -2.33. The molecule has 1 saturated heterocycles. The summed E-state index contributed by atoms with van der Waals surface area (Å²) >= 11 is 0. The van der Waals surface area contributed by atoms with Gasteiger partial charge in [-0.3, -0.25) is 0 Å². The van der Waals surface area contributed by atoms with E-state index in [0.717, 1.165) is 32.1 Å². The number of nitrogens with one attached hydrogen (secondary N) is 2. The van der Waals surface area contributed by atoms with Gasteiger partial charge in [-0.05, 0) is 50.3 Å². The van der Waals surface area contributed by atoms with Crippen LogP contribution < -0.4 is 15.4 Å². The summed E-state index contributed by atoms with van der Waals surface area (Å²) in [6.45, 7) is 7.82. The molecule has 4 atom stereocenters. The fourth-order valence-electron chi connectivity index (χ4n) is 3.86. The van der Waals surface area contributed by atoms with Crippen molar-refractivity contribution in [2.75, 3.05) is 26.3 Å². The quantitative estimate of drug-likeness (QED) is 0.846. The fraction of sp³-hybridized carbons (Fsp3) is 0.684. The van der Waals surface area contributed by atoms with E-state index < -0.39 is 0 Å². The highest BCUT2D eigenvalue weighted by molar-refractivity contribution is 5.27. The number of morpholine rings is 1. The minimum Gasteiger partial charge on any atom is -0.489 e. The van der Waals surface area contributed by atoms with E-state index in [2.05, 4.69) is 36.6 Å². The molecule has 2 N–H and O–H groups in total. The van der Waals surface area contributed by atoms with Crippen LogP contribution in [0.25, 0.3) is 0 Å². The molecular formula is C19H30N2O2. The summed E-state index contributed by atoms with van der Waals surface area (Å²) in [5.74, 6) is 1.64. The first-order chi connectivity index (χ1) is 11.2. The maximum Gasteiger partial charge on any atom is 0.120 e. The van der Waals surface area contributed by atoms with Gasteiger partial charge >= 0.3 is 0 Å². The molecule has 0 aromatic heterocycles. The summed E-state index contributed by atoms with van der Waals surface area (Å²) in [5.41, 5.74) is 1.24. The maximum absolute atomic E-state index is 6.03. The summed E-state index contributed by atoms with van der Waals surface area (Å²) < 4.78 is 11.7. The largest absolute Gasteiger partial charge is 0.489 e. The van der Waals surface area contributed by atoms with E-state index in [4.69, 9.17) is 9.47 Å². The number of rotatable bonds is 6. The van der Waals surface area contributed by atoms with E-state index >= 15 is 0 Å². The molecule has 1 heterocycles. The molecular weight excluding hydrogens is 288 g/mol. The second-order valence-electron chi connectivity index (χ2n) is 6.99. The van der Waals surface area contributed by atoms with Crippen LogP contribution in [0.3, 0.4) is 0 Å². The zero-order chi connectivity index (χ0) is 16.1. The fourth-order valence-corrected chi connectivity index (χ4v) is 3.86. The molecule has 2 fully saturated rings. The Labute approximate surface area is 139 Å². The Balaban J connectivity index is 1.46. The Morgan fingerprint density at radius 2 is 2.30 bits per heavy atom. The van der Waals surface area contributed by atoms with Crippen LogP contribution in [0.15, 0.2) is 24.3 Å². The van der Waals surface area contributed by atoms with Gasteiger partial charge in [0.2, 0.25) is 0 Å². The second-order valence-corrected chi connectivity index (χ2v) is 6.99. The minimum absolute atomic E-state index is 0.175. The smallest absolute Gasteiger partial charge is 0.120 e. The molecule has 0 amide bonds. The highest BCUT2D eigenvalue weighted by atomic mass is 16.5. The van der Waals surface area contributed by atoms with Crippen molar-refractivity contribution < 1.29 is 9.47 Å². The Morgan fingerprint density at radius 1 is 1.39 bits per heavy atom. The third-order valence-electron chi connectivity index (χ3n) is 5.03. The monoisotopic (exact) mass is 318 g/mol. The highest BCUT2D eigenvalue weighted by Crippen LogP contribution is 2.29. The van der Waals surface area contributed by atoms with Gasteiger partial charge in [0, 0.05) is 25.2 Å². The van der Waals surface area contributed by atoms with Gasteiger partial charge in [0.15, 0.2) is 0 Å². The van der Waals surface area contributed by atoms with Crippen molar-refractivity contribution in [3.05, 3.63) is 29.8 Å². The van der Waals surface area contributed by atoms with E-state index in [-0.39, 0.29) is 6.10 Å². The van der Waals surface area contributed by atoms with E-state index in [1.54, 1.807) is 0 Å². The van der Waals surface area contributed by atoms with Crippen LogP contribution in [0.5, 0.6) is 5.75 Å². The van der Waals surface area contributed by atoms with Crippen LogP contribution in [-0.2, 0) is 4.74 Å². The van der Waals surface area contributed by atoms with Crippen LogP contribution in [0.2, 0.25) is 0 Å². The lowest BCUT2D eigenvalue weighted by molar-refractivity contribution is 0.0518. The first-order valence-electron chi connectivity index (χ1n) is 9.00. The van der Waals surface area contributed by atoms with Crippen molar-refractivity contribution in [1.29, 1.82) is 0 Å². The summed E-state index contributed by atoms with van der Waals surface area (Å²) in [6, 6.07) is 9.36. The molecule has 1 aliphatic heterocycles. The van der Waals surface area contributed by atoms with Gasteiger partial charge in [-0.25, -0.2) is 0 Å². The van der Waals surface area contributed by atoms with Gasteiger partial charge in [0.05, 0.1) is 13.2 Å². The molecule has 1 aliphatic carbocycles. The van der Waals surface area contributed by atoms with Crippen molar-refractivity contribution >= 4 is 0 Å². The van der Waals surface area contributed by atoms with Crippen LogP contribution in [0, 0.1) is 12.8 Å². The molecule has 1 saturated carbocycles. The summed E-state index contributed by atoms with van der Waals surface area (Å²) in [4.78, 5) is 0. The number of ether oxygens (including phenoxy) is 2. The molecule has 1 aromatic carbocycles. The molecule has 2 aliphatic rings. The van der Waals surface area contributed by atoms with Crippen LogP contribution in [0.4, 0.5) is 0 Å². The summed E-state index contributed by atoms with van der Waals surface area (Å²) in [6.07, 6.45) is 4.05. The Hall–Kier alpha value is -1.10. The van der Waals surface area contributed by atoms with Crippen molar-refractivity contribution in [2.24, 2.45) is 5.92 Å². The Kier molecular flexibility index (Phi) is 5.92. The third-order valence-corrected chi connectivity index (χ3v) is 5.03. The van der Waals surface area contributed by atoms with Crippen LogP contribution in [-0.4, -0.2) is 44.5 Å². The summed E-state index contributed by atoms with van der Waals surface area (Å²) in [5, 5.41) is 7.37. The lowest BCUT2D eigenvalue weighted by Crippen LogP contribution is -2.51. The zero-order valence-corrected chi connectivity index (χ0v) is 14.4. The first kappa shape index (κ1) is 16.7. The third kappa shape index (κ3) is 4.69. The maximum atomic E-state index is 6.03. The second kappa shape index (κ2) is 8.13. The topological polar surface area (TPSA) is 42.5 Å². The molecule has 4 heteroatoms. The molecule has 0 spiro atoms. The van der Waals surface area contributed by atoms with Gasteiger partial charge in [0.25, 0.3) is 0 Å². The molecule has 0 radical (unpaired) electrons. The van der Waals surface area contributed by atoms with Gasteiger partial charge in [-0.1, -0.05) is 18.6 Å². The van der Waals surface area contributed by atoms with E-state index in [1.807, 2.05) is 12.1 Å². The standard InChI is InChI=1S/C19H30N2O2/c1-14-5-3-6-16(11-14)23-15(2)12-21-18-8-4-7-17(18)19-13-22-10-9-20-19/h3,5-6,11,15,17-21H,4,7-10,12-13H2,1-2H3. The number of hydrogen-bond acceptors (Lipinski definition) is 4. The normalized spacial score (nSPS) is 29.4. The number of hydrogen-bond donors (Lipinski definition) is 2. The van der Waals surface area contributed by atoms with E-state index in [0.29, 0.717) is 18.0 Å². The Morgan fingerprint density at radius 3 is 3.09 bits per heavy atom. The molecule has 1 aromatic rings. The van der Waals surface area contributed by atoms with Gasteiger partial charge in [-0.2, -0.15) is 0 Å². The van der Waals surface area contributed by atoms with Gasteiger partial charge in [-0.15, -0.1) is 0 Å². The van der Waals surface area contributed by atoms with Crippen molar-refractivity contribution in [1.82, 2.24) is 10.6 Å². The first-order valence-corrected chi connectivity index (χ1v) is 9.00. The molecule has 3 rings (SSSR count). The van der Waals surface area contributed by atoms with E-state index in [9.17, 15) is 0 Å². The number of benzene rings is 1. The average Bonchev–Trinajstić information content (AvgIpc) is 3.02. The predicted octanol–water partition coefficient (Wildman–Crippen LogP) is 2.51. The van der Waals surface area contributed by atoms with Crippen molar-refractivity contribution in [2.45, 2.75) is 51.3 Å². The molecule has 4 nitrogen and oxygen atoms in total. The van der Waals surface area contributed by atoms with Gasteiger partial charge < -0.3 is 20.1 Å². The zero-order valence-electron chi connectivity index (χ0n) is 14.4. The minimum atomic E-state index is 0.175. The summed E-state index contributed by atoms with van der Waals surface area (Å²) in [7, 11) is 0. The van der Waals surface area contributed by atoms with Crippen LogP contribution >= 0.6 is 0 Å². The average molecular weight is 318 g/mol. The Bertz CT molecular complexity index is 488. The molecule has 23 heavy (non-hydrogen) atoms. The predicted molar refractivity (Wildman–Crippen MR) is 93.0 cm³/mol. The lowest BCUT2D eigenvalue weighted by atomic mass is 9.94. The number of aryl methyl sites for hydroxylation is 1. The molecule has 0 bridgehead atoms. The molecule has 128 valence electrons. The molecule has 4 unspecified atom stereocenters. The van der Waals surface area contributed by atoms with Crippen molar-refractivity contribution in [3.8, 4) is 5.75 Å². The van der Waals surface area contributed by atoms with Gasteiger partial charge in [0.1, 0.15) is 11.9 Å².